The van der Waals surface area contributed by atoms with E-state index < -0.39 is 0 Å². The third-order valence-electron chi connectivity index (χ3n) is 3.06. The van der Waals surface area contributed by atoms with Gasteiger partial charge < -0.3 is 15.2 Å². The number of hydrogen-bond donors (Lipinski definition) is 1. The van der Waals surface area contributed by atoms with Crippen molar-refractivity contribution in [2.24, 2.45) is 7.05 Å². The number of benzene rings is 1. The standard InChI is InChI=1S/C13H13N3O3/c1-16-13(14)9(7-17)12(15-16)8-2-3-10-11(6-8)19-5-4-18-10/h2-3,6-7H,4-5,14H2,1H3. The fraction of sp³-hybridized carbons (Fsp3) is 0.231. The average molecular weight is 259 g/mol. The minimum atomic E-state index is 0.347. The molecule has 0 saturated heterocycles. The number of carbonyl (C=O) groups is 1. The van der Waals surface area contributed by atoms with Gasteiger partial charge in [-0.05, 0) is 18.2 Å². The molecule has 0 radical (unpaired) electrons. The highest BCUT2D eigenvalue weighted by atomic mass is 16.6. The molecule has 19 heavy (non-hydrogen) atoms. The number of rotatable bonds is 2. The molecule has 0 aliphatic carbocycles. The van der Waals surface area contributed by atoms with Crippen LogP contribution in [-0.4, -0.2) is 29.3 Å². The molecule has 1 aromatic heterocycles. The predicted octanol–water partition coefficient (Wildman–Crippen LogP) is 1.25. The molecular weight excluding hydrogens is 246 g/mol. The fourth-order valence-electron chi connectivity index (χ4n) is 2.07. The average Bonchev–Trinajstić information content (AvgIpc) is 2.74. The van der Waals surface area contributed by atoms with Crippen molar-refractivity contribution < 1.29 is 14.3 Å². The summed E-state index contributed by atoms with van der Waals surface area (Å²) in [6, 6.07) is 5.45. The molecule has 0 spiro atoms. The van der Waals surface area contributed by atoms with E-state index in [1.165, 1.54) is 4.68 Å². The second kappa shape index (κ2) is 4.31. The van der Waals surface area contributed by atoms with E-state index in [1.54, 1.807) is 7.05 Å². The van der Waals surface area contributed by atoms with Crippen LogP contribution in [0.4, 0.5) is 5.82 Å². The molecule has 2 aromatic rings. The molecule has 0 unspecified atom stereocenters. The zero-order valence-corrected chi connectivity index (χ0v) is 10.4. The largest absolute Gasteiger partial charge is 0.486 e. The van der Waals surface area contributed by atoms with Crippen molar-refractivity contribution in [2.75, 3.05) is 18.9 Å². The normalized spacial score (nSPS) is 13.3. The van der Waals surface area contributed by atoms with Gasteiger partial charge in [0.1, 0.15) is 24.7 Å². The Labute approximate surface area is 109 Å². The van der Waals surface area contributed by atoms with E-state index in [0.717, 1.165) is 5.56 Å². The maximum Gasteiger partial charge on any atom is 0.162 e. The van der Waals surface area contributed by atoms with E-state index in [-0.39, 0.29) is 0 Å². The van der Waals surface area contributed by atoms with Crippen LogP contribution in [0.25, 0.3) is 11.3 Å². The summed E-state index contributed by atoms with van der Waals surface area (Å²) in [6.45, 7) is 1.06. The lowest BCUT2D eigenvalue weighted by Crippen LogP contribution is -2.15. The molecular formula is C13H13N3O3. The van der Waals surface area contributed by atoms with Gasteiger partial charge in [-0.1, -0.05) is 0 Å². The van der Waals surface area contributed by atoms with Crippen molar-refractivity contribution in [1.29, 1.82) is 0 Å². The Hall–Kier alpha value is -2.50. The second-order valence-electron chi connectivity index (χ2n) is 4.25. The van der Waals surface area contributed by atoms with Crippen LogP contribution in [0.1, 0.15) is 10.4 Å². The number of hydrogen-bond acceptors (Lipinski definition) is 5. The SMILES string of the molecule is Cn1nc(-c2ccc3c(c2)OCCO3)c(C=O)c1N. The number of nitrogens with two attached hydrogens (primary N) is 1. The summed E-state index contributed by atoms with van der Waals surface area (Å²) in [5, 5.41) is 4.26. The van der Waals surface area contributed by atoms with Crippen LogP contribution >= 0.6 is 0 Å². The molecule has 1 aromatic carbocycles. The number of ether oxygens (including phenoxy) is 2. The molecule has 0 saturated carbocycles. The van der Waals surface area contributed by atoms with E-state index in [2.05, 4.69) is 5.10 Å². The number of aldehydes is 1. The number of nitrogens with zero attached hydrogens (tertiary/aromatic N) is 2. The van der Waals surface area contributed by atoms with Crippen molar-refractivity contribution in [1.82, 2.24) is 9.78 Å². The summed E-state index contributed by atoms with van der Waals surface area (Å²) in [4.78, 5) is 11.1. The second-order valence-corrected chi connectivity index (χ2v) is 4.25. The molecule has 0 amide bonds. The number of aromatic nitrogens is 2. The van der Waals surface area contributed by atoms with Gasteiger partial charge in [0.25, 0.3) is 0 Å². The Kier molecular flexibility index (Phi) is 2.63. The van der Waals surface area contributed by atoms with Crippen LogP contribution in [0.15, 0.2) is 18.2 Å². The highest BCUT2D eigenvalue weighted by molar-refractivity contribution is 5.91. The minimum Gasteiger partial charge on any atom is -0.486 e. The number of anilines is 1. The number of fused-ring (bicyclic) bond motifs is 1. The Morgan fingerprint density at radius 1 is 1.32 bits per heavy atom. The number of aryl methyl sites for hydroxylation is 1. The van der Waals surface area contributed by atoms with Gasteiger partial charge in [-0.3, -0.25) is 9.48 Å². The molecule has 0 bridgehead atoms. The van der Waals surface area contributed by atoms with Gasteiger partial charge in [0.2, 0.25) is 0 Å². The lowest BCUT2D eigenvalue weighted by Gasteiger charge is -2.18. The van der Waals surface area contributed by atoms with Gasteiger partial charge in [0.05, 0.1) is 5.56 Å². The van der Waals surface area contributed by atoms with Gasteiger partial charge in [-0.25, -0.2) is 0 Å². The minimum absolute atomic E-state index is 0.347. The predicted molar refractivity (Wildman–Crippen MR) is 69.4 cm³/mol. The van der Waals surface area contributed by atoms with E-state index in [1.807, 2.05) is 18.2 Å². The van der Waals surface area contributed by atoms with Crippen LogP contribution in [0.2, 0.25) is 0 Å². The first kappa shape index (κ1) is 11.6. The van der Waals surface area contributed by atoms with E-state index in [4.69, 9.17) is 15.2 Å². The van der Waals surface area contributed by atoms with Crippen LogP contribution in [0.3, 0.4) is 0 Å². The van der Waals surface area contributed by atoms with E-state index >= 15 is 0 Å². The first-order valence-electron chi connectivity index (χ1n) is 5.88. The fourth-order valence-corrected chi connectivity index (χ4v) is 2.07. The molecule has 0 fully saturated rings. The Bertz CT molecular complexity index is 649. The summed E-state index contributed by atoms with van der Waals surface area (Å²) in [6.07, 6.45) is 0.717. The monoisotopic (exact) mass is 259 g/mol. The molecule has 6 nitrogen and oxygen atoms in total. The van der Waals surface area contributed by atoms with Crippen molar-refractivity contribution >= 4 is 12.1 Å². The Balaban J connectivity index is 2.12. The molecule has 0 atom stereocenters. The van der Waals surface area contributed by atoms with Crippen LogP contribution in [-0.2, 0) is 7.05 Å². The van der Waals surface area contributed by atoms with Crippen LogP contribution < -0.4 is 15.2 Å². The molecule has 3 rings (SSSR count). The zero-order valence-electron chi connectivity index (χ0n) is 10.4. The lowest BCUT2D eigenvalue weighted by molar-refractivity contribution is 0.112. The van der Waals surface area contributed by atoms with Crippen molar-refractivity contribution in [3.8, 4) is 22.8 Å². The van der Waals surface area contributed by atoms with Crippen LogP contribution in [0.5, 0.6) is 11.5 Å². The number of nitrogen functional groups attached to an aromatic ring is 1. The van der Waals surface area contributed by atoms with E-state index in [9.17, 15) is 4.79 Å². The molecule has 2 N–H and O–H groups in total. The Morgan fingerprint density at radius 2 is 2.05 bits per heavy atom. The summed E-state index contributed by atoms with van der Waals surface area (Å²) in [5.41, 5.74) is 7.52. The molecule has 2 heterocycles. The van der Waals surface area contributed by atoms with Crippen LogP contribution in [0, 0.1) is 0 Å². The first-order valence-corrected chi connectivity index (χ1v) is 5.88. The highest BCUT2D eigenvalue weighted by Gasteiger charge is 2.18. The summed E-state index contributed by atoms with van der Waals surface area (Å²) >= 11 is 0. The molecule has 6 heteroatoms. The maximum absolute atomic E-state index is 11.1. The van der Waals surface area contributed by atoms with Crippen molar-refractivity contribution in [3.05, 3.63) is 23.8 Å². The van der Waals surface area contributed by atoms with Gasteiger partial charge in [0, 0.05) is 12.6 Å². The van der Waals surface area contributed by atoms with Gasteiger partial charge >= 0.3 is 0 Å². The highest BCUT2D eigenvalue weighted by Crippen LogP contribution is 2.35. The molecule has 1 aliphatic heterocycles. The van der Waals surface area contributed by atoms with Gasteiger partial charge in [-0.2, -0.15) is 5.10 Å². The van der Waals surface area contributed by atoms with E-state index in [0.29, 0.717) is 48.1 Å². The lowest BCUT2D eigenvalue weighted by atomic mass is 10.1. The summed E-state index contributed by atoms with van der Waals surface area (Å²) < 4.78 is 12.5. The van der Waals surface area contributed by atoms with Crippen molar-refractivity contribution in [2.45, 2.75) is 0 Å². The third kappa shape index (κ3) is 1.81. The van der Waals surface area contributed by atoms with Gasteiger partial charge in [-0.15, -0.1) is 0 Å². The van der Waals surface area contributed by atoms with Crippen molar-refractivity contribution in [3.63, 3.8) is 0 Å². The smallest absolute Gasteiger partial charge is 0.162 e. The van der Waals surface area contributed by atoms with Gasteiger partial charge in [0.15, 0.2) is 17.8 Å². The first-order chi connectivity index (χ1) is 9.20. The molecule has 98 valence electrons. The maximum atomic E-state index is 11.1. The topological polar surface area (TPSA) is 79.4 Å². The quantitative estimate of drug-likeness (QED) is 0.821. The summed E-state index contributed by atoms with van der Waals surface area (Å²) in [7, 11) is 1.70. The zero-order chi connectivity index (χ0) is 13.4. The molecule has 1 aliphatic rings. The summed E-state index contributed by atoms with van der Waals surface area (Å²) in [5.74, 6) is 1.70. The number of carbonyl (C=O) groups excluding carboxylic acids is 1. The third-order valence-corrected chi connectivity index (χ3v) is 3.06. The Morgan fingerprint density at radius 3 is 2.79 bits per heavy atom.